The van der Waals surface area contributed by atoms with Crippen LogP contribution in [-0.2, 0) is 19.6 Å². The number of halogens is 5. The number of nitrogens with zero attached hydrogens (tertiary/aromatic N) is 3. The first kappa shape index (κ1) is 25.8. The number of benzene rings is 2. The summed E-state index contributed by atoms with van der Waals surface area (Å²) >= 11 is 13.0. The molecule has 4 rings (SSSR count). The highest BCUT2D eigenvalue weighted by molar-refractivity contribution is 6.38. The van der Waals surface area contributed by atoms with E-state index in [9.17, 15) is 28.2 Å². The van der Waals surface area contributed by atoms with Gasteiger partial charge >= 0.3 is 6.18 Å². The number of carbonyl (C=O) groups excluding carboxylic acids is 1. The summed E-state index contributed by atoms with van der Waals surface area (Å²) in [5.41, 5.74) is 0.783. The van der Waals surface area contributed by atoms with Crippen LogP contribution in [0.4, 0.5) is 13.2 Å². The number of aryl methyl sites for hydroxylation is 2. The van der Waals surface area contributed by atoms with Gasteiger partial charge in [-0.3, -0.25) is 4.79 Å². The molecule has 1 saturated heterocycles. The lowest BCUT2D eigenvalue weighted by Gasteiger charge is -2.33. The van der Waals surface area contributed by atoms with E-state index in [0.29, 0.717) is 47.9 Å². The topological polar surface area (TPSA) is 78.6 Å². The number of imidazole rings is 1. The van der Waals surface area contributed by atoms with Crippen molar-refractivity contribution in [2.45, 2.75) is 38.7 Å². The molecule has 0 saturated carbocycles. The van der Waals surface area contributed by atoms with Gasteiger partial charge in [0.25, 0.3) is 5.91 Å². The van der Waals surface area contributed by atoms with Gasteiger partial charge in [-0.2, -0.15) is 13.2 Å². The molecule has 0 unspecified atom stereocenters. The maximum atomic E-state index is 13.3. The van der Waals surface area contributed by atoms with Gasteiger partial charge in [-0.05, 0) is 55.2 Å². The lowest BCUT2D eigenvalue weighted by Crippen LogP contribution is -2.41. The Hall–Kier alpha value is -2.33. The Morgan fingerprint density at radius 1 is 1.17 bits per heavy atom. The second-order valence-electron chi connectivity index (χ2n) is 8.80. The van der Waals surface area contributed by atoms with E-state index in [1.807, 2.05) is 0 Å². The van der Waals surface area contributed by atoms with E-state index in [1.54, 1.807) is 22.6 Å². The van der Waals surface area contributed by atoms with Crippen molar-refractivity contribution in [1.82, 2.24) is 14.5 Å². The number of hydrogen-bond acceptors (Lipinski definition) is 4. The van der Waals surface area contributed by atoms with Crippen LogP contribution >= 0.6 is 23.2 Å². The zero-order valence-electron chi connectivity index (χ0n) is 19.0. The van der Waals surface area contributed by atoms with Gasteiger partial charge in [-0.15, -0.1) is 0 Å². The monoisotopic (exact) mass is 529 g/mol. The van der Waals surface area contributed by atoms with Crippen LogP contribution in [0.5, 0.6) is 0 Å². The highest BCUT2D eigenvalue weighted by atomic mass is 35.5. The summed E-state index contributed by atoms with van der Waals surface area (Å²) in [6.07, 6.45) is -4.87. The van der Waals surface area contributed by atoms with Crippen LogP contribution in [0.15, 0.2) is 24.3 Å². The number of carbonyl (C=O) groups is 1. The Morgan fingerprint density at radius 2 is 1.83 bits per heavy atom. The number of aromatic nitrogens is 2. The molecule has 0 spiro atoms. The van der Waals surface area contributed by atoms with Crippen molar-refractivity contribution < 1.29 is 28.2 Å². The third kappa shape index (κ3) is 4.87. The van der Waals surface area contributed by atoms with Crippen molar-refractivity contribution in [3.05, 3.63) is 62.4 Å². The minimum Gasteiger partial charge on any atom is -0.368 e. The van der Waals surface area contributed by atoms with Crippen LogP contribution in [0.2, 0.25) is 10.0 Å². The number of aliphatic hydroxyl groups excluding tert-OH is 1. The van der Waals surface area contributed by atoms with Crippen LogP contribution in [0.25, 0.3) is 11.0 Å². The van der Waals surface area contributed by atoms with E-state index in [-0.39, 0.29) is 39.9 Å². The van der Waals surface area contributed by atoms with E-state index < -0.39 is 18.0 Å². The molecule has 35 heavy (non-hydrogen) atoms. The molecule has 1 fully saturated rings. The molecule has 0 atom stereocenters. The van der Waals surface area contributed by atoms with Crippen molar-refractivity contribution in [2.24, 2.45) is 13.0 Å². The minimum atomic E-state index is -4.49. The summed E-state index contributed by atoms with van der Waals surface area (Å²) < 4.78 is 41.7. The molecule has 1 aliphatic rings. The molecular weight excluding hydrogens is 506 g/mol. The average molecular weight is 530 g/mol. The first-order chi connectivity index (χ1) is 16.4. The van der Waals surface area contributed by atoms with Crippen molar-refractivity contribution >= 4 is 40.1 Å². The molecule has 0 bridgehead atoms. The van der Waals surface area contributed by atoms with Crippen LogP contribution < -0.4 is 0 Å². The smallest absolute Gasteiger partial charge is 0.368 e. The second kappa shape index (κ2) is 9.61. The number of amides is 1. The van der Waals surface area contributed by atoms with Gasteiger partial charge < -0.3 is 19.7 Å². The van der Waals surface area contributed by atoms with Gasteiger partial charge in [0.2, 0.25) is 0 Å². The summed E-state index contributed by atoms with van der Waals surface area (Å²) in [6, 6.07) is 5.53. The van der Waals surface area contributed by atoms with Gasteiger partial charge in [0.15, 0.2) is 6.29 Å². The first-order valence-corrected chi connectivity index (χ1v) is 11.8. The maximum Gasteiger partial charge on any atom is 0.416 e. The molecule has 0 aliphatic carbocycles. The average Bonchev–Trinajstić information content (AvgIpc) is 3.12. The molecule has 1 aromatic heterocycles. The van der Waals surface area contributed by atoms with E-state index in [4.69, 9.17) is 23.2 Å². The van der Waals surface area contributed by atoms with Gasteiger partial charge in [0, 0.05) is 37.5 Å². The van der Waals surface area contributed by atoms with E-state index in [1.165, 1.54) is 19.1 Å². The fourth-order valence-electron chi connectivity index (χ4n) is 4.56. The van der Waals surface area contributed by atoms with E-state index in [0.717, 1.165) is 6.07 Å². The third-order valence-electron chi connectivity index (χ3n) is 6.70. The van der Waals surface area contributed by atoms with Crippen molar-refractivity contribution in [3.63, 3.8) is 0 Å². The van der Waals surface area contributed by atoms with Gasteiger partial charge in [0.1, 0.15) is 5.82 Å². The Bertz CT molecular complexity index is 1280. The first-order valence-electron chi connectivity index (χ1n) is 11.0. The van der Waals surface area contributed by atoms with E-state index >= 15 is 0 Å². The lowest BCUT2D eigenvalue weighted by molar-refractivity contribution is -0.137. The van der Waals surface area contributed by atoms with Crippen LogP contribution in [0.1, 0.15) is 45.7 Å². The normalized spacial score (nSPS) is 15.4. The molecule has 188 valence electrons. The number of rotatable bonds is 4. The van der Waals surface area contributed by atoms with Crippen LogP contribution in [0, 0.1) is 12.8 Å². The fourth-order valence-corrected chi connectivity index (χ4v) is 5.15. The molecule has 0 radical (unpaired) electrons. The van der Waals surface area contributed by atoms with Gasteiger partial charge in [-0.25, -0.2) is 4.98 Å². The van der Waals surface area contributed by atoms with Crippen molar-refractivity contribution in [3.8, 4) is 0 Å². The highest BCUT2D eigenvalue weighted by Gasteiger charge is 2.34. The van der Waals surface area contributed by atoms with Gasteiger partial charge in [-0.1, -0.05) is 23.2 Å². The lowest BCUT2D eigenvalue weighted by atomic mass is 9.95. The molecule has 2 N–H and O–H groups in total. The van der Waals surface area contributed by atoms with E-state index in [2.05, 4.69) is 4.98 Å². The zero-order chi connectivity index (χ0) is 25.7. The molecule has 1 aliphatic heterocycles. The molecule has 6 nitrogen and oxygen atoms in total. The van der Waals surface area contributed by atoms with Gasteiger partial charge in [0.05, 0.1) is 27.2 Å². The number of aliphatic hydroxyl groups is 2. The SMILES string of the molecule is Cc1c(C(F)(F)F)ccc2c1nc(Cc1c(Cl)ccc(C(=O)N3CCC(C(O)O)CC3)c1Cl)n2C. The fraction of sp³-hybridized carbons (Fsp3) is 0.417. The Labute approximate surface area is 209 Å². The molecule has 2 heterocycles. The quantitative estimate of drug-likeness (QED) is 0.468. The Morgan fingerprint density at radius 3 is 2.43 bits per heavy atom. The number of likely N-dealkylation sites (tertiary alicyclic amines) is 1. The predicted octanol–water partition coefficient (Wildman–Crippen LogP) is 4.96. The summed E-state index contributed by atoms with van der Waals surface area (Å²) in [6.45, 7) is 2.11. The standard InChI is InChI=1S/C24H24Cl2F3N3O3/c1-12-16(24(27,28)29)4-6-18-21(12)30-19(31(18)2)11-15-17(25)5-3-14(20(15)26)22(33)32-9-7-13(8-10-32)23(34)35/h3-6,13,23,34-35H,7-11H2,1-2H3. The van der Waals surface area contributed by atoms with Crippen LogP contribution in [-0.4, -0.2) is 50.0 Å². The summed E-state index contributed by atoms with van der Waals surface area (Å²) in [4.78, 5) is 19.2. The number of alkyl halides is 3. The molecule has 11 heteroatoms. The number of piperidine rings is 1. The largest absolute Gasteiger partial charge is 0.416 e. The number of fused-ring (bicyclic) bond motifs is 1. The van der Waals surface area contributed by atoms with Crippen LogP contribution in [0.3, 0.4) is 0 Å². The second-order valence-corrected chi connectivity index (χ2v) is 9.58. The summed E-state index contributed by atoms with van der Waals surface area (Å²) in [5, 5.41) is 19.2. The Kier molecular flexibility index (Phi) is 7.07. The molecule has 3 aromatic rings. The maximum absolute atomic E-state index is 13.3. The summed E-state index contributed by atoms with van der Waals surface area (Å²) in [7, 11) is 1.70. The molecule has 1 amide bonds. The molecular formula is C24H24Cl2F3N3O3. The zero-order valence-corrected chi connectivity index (χ0v) is 20.5. The third-order valence-corrected chi connectivity index (χ3v) is 7.49. The van der Waals surface area contributed by atoms with Crippen molar-refractivity contribution in [1.29, 1.82) is 0 Å². The minimum absolute atomic E-state index is 0.0365. The van der Waals surface area contributed by atoms with Crippen molar-refractivity contribution in [2.75, 3.05) is 13.1 Å². The molecule has 2 aromatic carbocycles. The summed E-state index contributed by atoms with van der Waals surface area (Å²) in [5.74, 6) is -0.128. The Balaban J connectivity index is 1.65. The number of hydrogen-bond donors (Lipinski definition) is 2. The highest BCUT2D eigenvalue weighted by Crippen LogP contribution is 2.36. The predicted molar refractivity (Wildman–Crippen MR) is 127 cm³/mol.